The minimum atomic E-state index is 0.613. The van der Waals surface area contributed by atoms with Crippen LogP contribution in [0.1, 0.15) is 12.8 Å². The van der Waals surface area contributed by atoms with Crippen LogP contribution in [0.25, 0.3) is 0 Å². The molecule has 1 aromatic carbocycles. The van der Waals surface area contributed by atoms with Gasteiger partial charge in [0.2, 0.25) is 5.88 Å². The second kappa shape index (κ2) is 9.98. The van der Waals surface area contributed by atoms with Gasteiger partial charge < -0.3 is 14.4 Å². The molecule has 2 heterocycles. The number of hydrogen-bond acceptors (Lipinski definition) is 5. The largest absolute Gasteiger partial charge is 0.456 e. The van der Waals surface area contributed by atoms with E-state index in [1.54, 1.807) is 24.3 Å². The lowest BCUT2D eigenvalue weighted by atomic mass is 10.0. The Balaban J connectivity index is 1.20. The molecule has 4 nitrogen and oxygen atoms in total. The van der Waals surface area contributed by atoms with Crippen LogP contribution in [-0.4, -0.2) is 48.3 Å². The van der Waals surface area contributed by atoms with Crippen molar-refractivity contribution >= 4 is 35.0 Å². The molecule has 0 atom stereocenters. The molecule has 0 amide bonds. The summed E-state index contributed by atoms with van der Waals surface area (Å²) in [4.78, 5) is 5.74. The minimum Gasteiger partial charge on any atom is -0.456 e. The monoisotopic (exact) mass is 450 g/mol. The number of halogens is 2. The van der Waals surface area contributed by atoms with Crippen molar-refractivity contribution in [2.24, 2.45) is 0 Å². The molecule has 1 saturated heterocycles. The molecule has 0 saturated carbocycles. The van der Waals surface area contributed by atoms with Gasteiger partial charge in [-0.15, -0.1) is 11.8 Å². The lowest BCUT2D eigenvalue weighted by Gasteiger charge is -2.36. The van der Waals surface area contributed by atoms with E-state index in [0.29, 0.717) is 10.0 Å². The normalized spacial score (nSPS) is 19.8. The smallest absolute Gasteiger partial charge is 0.231 e. The molecule has 3 aliphatic rings. The topological polar surface area (TPSA) is 24.9 Å². The van der Waals surface area contributed by atoms with E-state index in [4.69, 9.17) is 32.7 Å². The summed E-state index contributed by atoms with van der Waals surface area (Å²) in [5, 5.41) is 1.26. The van der Waals surface area contributed by atoms with Crippen LogP contribution >= 0.6 is 35.0 Å². The zero-order valence-electron chi connectivity index (χ0n) is 16.2. The van der Waals surface area contributed by atoms with Crippen molar-refractivity contribution in [2.45, 2.75) is 17.7 Å². The fraction of sp³-hybridized carbons (Fsp3) is 0.364. The molecule has 7 heteroatoms. The van der Waals surface area contributed by atoms with Crippen molar-refractivity contribution in [1.82, 2.24) is 9.80 Å². The second-order valence-electron chi connectivity index (χ2n) is 7.06. The summed E-state index contributed by atoms with van der Waals surface area (Å²) < 4.78 is 11.7. The van der Waals surface area contributed by atoms with Gasteiger partial charge >= 0.3 is 0 Å². The third-order valence-corrected chi connectivity index (χ3v) is 7.14. The number of allylic oxidation sites excluding steroid dienone is 4. The van der Waals surface area contributed by atoms with Crippen molar-refractivity contribution < 1.29 is 9.47 Å². The van der Waals surface area contributed by atoms with Crippen LogP contribution in [0.3, 0.4) is 0 Å². The van der Waals surface area contributed by atoms with Gasteiger partial charge in [0.25, 0.3) is 0 Å². The van der Waals surface area contributed by atoms with Crippen LogP contribution in [0.2, 0.25) is 10.0 Å². The third-order valence-electron chi connectivity index (χ3n) is 5.17. The van der Waals surface area contributed by atoms with E-state index in [1.807, 2.05) is 18.2 Å². The molecule has 1 aliphatic carbocycles. The predicted molar refractivity (Wildman–Crippen MR) is 120 cm³/mol. The first-order valence-corrected chi connectivity index (χ1v) is 11.6. The molecule has 0 bridgehead atoms. The number of hydrogen-bond donors (Lipinski definition) is 0. The summed E-state index contributed by atoms with van der Waals surface area (Å²) in [5.74, 6) is 2.59. The van der Waals surface area contributed by atoms with E-state index in [2.05, 4.69) is 28.0 Å². The van der Waals surface area contributed by atoms with E-state index in [1.165, 1.54) is 5.57 Å². The quantitative estimate of drug-likeness (QED) is 0.520. The van der Waals surface area contributed by atoms with E-state index < -0.39 is 0 Å². The molecule has 0 unspecified atom stereocenters. The molecular formula is C22H24Cl2N2O2S. The average molecular weight is 451 g/mol. The second-order valence-corrected chi connectivity index (χ2v) is 8.98. The molecule has 1 fully saturated rings. The lowest BCUT2D eigenvalue weighted by molar-refractivity contribution is 0.0872. The summed E-state index contributed by atoms with van der Waals surface area (Å²) in [6, 6.07) is 5.78. The molecule has 0 N–H and O–H groups in total. The summed E-state index contributed by atoms with van der Waals surface area (Å²) >= 11 is 14.1. The maximum Gasteiger partial charge on any atom is 0.231 e. The summed E-state index contributed by atoms with van der Waals surface area (Å²) in [7, 11) is 0. The maximum atomic E-state index is 6.26. The van der Waals surface area contributed by atoms with Gasteiger partial charge in [-0.1, -0.05) is 47.5 Å². The van der Waals surface area contributed by atoms with Crippen LogP contribution < -0.4 is 0 Å². The average Bonchev–Trinajstić information content (AvgIpc) is 2.78. The van der Waals surface area contributed by atoms with Crippen molar-refractivity contribution in [2.75, 3.05) is 38.5 Å². The Morgan fingerprint density at radius 2 is 1.90 bits per heavy atom. The van der Waals surface area contributed by atoms with E-state index >= 15 is 0 Å². The molecule has 0 radical (unpaired) electrons. The fourth-order valence-corrected chi connectivity index (χ4v) is 4.96. The van der Waals surface area contributed by atoms with Gasteiger partial charge in [0.1, 0.15) is 6.26 Å². The minimum absolute atomic E-state index is 0.613. The van der Waals surface area contributed by atoms with E-state index in [-0.39, 0.29) is 0 Å². The number of rotatable bonds is 6. The molecule has 0 spiro atoms. The van der Waals surface area contributed by atoms with Crippen molar-refractivity contribution in [3.63, 3.8) is 0 Å². The van der Waals surface area contributed by atoms with Crippen molar-refractivity contribution in [3.05, 3.63) is 76.2 Å². The van der Waals surface area contributed by atoms with Gasteiger partial charge in [0, 0.05) is 43.4 Å². The zero-order valence-corrected chi connectivity index (χ0v) is 18.5. The predicted octanol–water partition coefficient (Wildman–Crippen LogP) is 5.67. The highest BCUT2D eigenvalue weighted by atomic mass is 35.5. The van der Waals surface area contributed by atoms with Gasteiger partial charge in [0.15, 0.2) is 12.0 Å². The van der Waals surface area contributed by atoms with E-state index in [9.17, 15) is 0 Å². The molecule has 154 valence electrons. The summed E-state index contributed by atoms with van der Waals surface area (Å²) in [5.41, 5.74) is 1.19. The van der Waals surface area contributed by atoms with E-state index in [0.717, 1.165) is 67.9 Å². The van der Waals surface area contributed by atoms with Crippen LogP contribution in [-0.2, 0) is 9.47 Å². The molecular weight excluding hydrogens is 427 g/mol. The van der Waals surface area contributed by atoms with Crippen LogP contribution in [0, 0.1) is 0 Å². The zero-order chi connectivity index (χ0) is 20.1. The van der Waals surface area contributed by atoms with Gasteiger partial charge in [-0.2, -0.15) is 0 Å². The maximum absolute atomic E-state index is 6.26. The Labute approximate surface area is 186 Å². The number of piperazine rings is 1. The van der Waals surface area contributed by atoms with Gasteiger partial charge in [-0.25, -0.2) is 0 Å². The van der Waals surface area contributed by atoms with Gasteiger partial charge in [-0.05, 0) is 30.5 Å². The third kappa shape index (κ3) is 5.34. The number of thioether (sulfide) groups is 1. The highest BCUT2D eigenvalue weighted by Crippen LogP contribution is 2.33. The van der Waals surface area contributed by atoms with Crippen molar-refractivity contribution in [3.8, 4) is 0 Å². The Kier molecular flexibility index (Phi) is 7.14. The van der Waals surface area contributed by atoms with Crippen LogP contribution in [0.4, 0.5) is 0 Å². The van der Waals surface area contributed by atoms with Crippen LogP contribution in [0.15, 0.2) is 71.1 Å². The van der Waals surface area contributed by atoms with Crippen molar-refractivity contribution in [1.29, 1.82) is 0 Å². The first kappa shape index (κ1) is 20.7. The molecule has 0 aromatic heterocycles. The number of ether oxygens (including phenoxy) is 2. The van der Waals surface area contributed by atoms with Crippen LogP contribution in [0.5, 0.6) is 0 Å². The van der Waals surface area contributed by atoms with Gasteiger partial charge in [-0.3, -0.25) is 4.90 Å². The molecule has 4 rings (SSSR count). The molecule has 2 aliphatic heterocycles. The van der Waals surface area contributed by atoms with Gasteiger partial charge in [0.05, 0.1) is 10.0 Å². The Morgan fingerprint density at radius 1 is 1.03 bits per heavy atom. The highest BCUT2D eigenvalue weighted by molar-refractivity contribution is 7.99. The molecule has 29 heavy (non-hydrogen) atoms. The fourth-order valence-electron chi connectivity index (χ4n) is 3.46. The Morgan fingerprint density at radius 3 is 2.62 bits per heavy atom. The SMILES string of the molecule is Clc1cccc(SCCN2CCN(C3=COC(C4=CC=CCC4)=CO3)CC2)c1Cl. The summed E-state index contributed by atoms with van der Waals surface area (Å²) in [6.45, 7) is 4.86. The highest BCUT2D eigenvalue weighted by Gasteiger charge is 2.22. The standard InChI is InChI=1S/C22H24Cl2N2O2S/c23-18-7-4-8-20(22(18)24)29-14-13-25-9-11-26(12-10-25)21-16-27-19(15-28-21)17-5-2-1-3-6-17/h1-2,4-5,7-8,15-16H,3,6,9-14H2. The number of nitrogens with zero attached hydrogens (tertiary/aromatic N) is 2. The Bertz CT molecular complexity index is 858. The summed E-state index contributed by atoms with van der Waals surface area (Å²) in [6.07, 6.45) is 11.8. The first-order chi connectivity index (χ1) is 14.2. The molecule has 1 aromatic rings. The number of benzene rings is 1. The first-order valence-electron chi connectivity index (χ1n) is 9.84. The lowest BCUT2D eigenvalue weighted by Crippen LogP contribution is -2.46. The Hall–Kier alpha value is -1.53.